The van der Waals surface area contributed by atoms with E-state index in [0.29, 0.717) is 5.95 Å². The number of para-hydroxylation sites is 4. The molecule has 0 radical (unpaired) electrons. The van der Waals surface area contributed by atoms with E-state index < -0.39 is 0 Å². The second-order valence-corrected chi connectivity index (χ2v) is 13.8. The summed E-state index contributed by atoms with van der Waals surface area (Å²) in [4.78, 5) is 10.7. The minimum Gasteiger partial charge on any atom is -0.456 e. The van der Waals surface area contributed by atoms with Crippen molar-refractivity contribution in [2.24, 2.45) is 0 Å². The SMILES string of the molecule is c1ccc(-n2c3ccc4oc5ccccc5c4c3c3ccc4c(c5ccccc5n4-c4nc(-c5ccc6ccccc6c5)c5ccccc5n4)c32)cc1. The van der Waals surface area contributed by atoms with E-state index in [1.165, 1.54) is 21.5 Å². The third-order valence-corrected chi connectivity index (χ3v) is 10.9. The summed E-state index contributed by atoms with van der Waals surface area (Å²) in [5.41, 5.74) is 10.1. The van der Waals surface area contributed by atoms with Crippen molar-refractivity contribution in [2.45, 2.75) is 0 Å². The molecule has 0 bridgehead atoms. The van der Waals surface area contributed by atoms with Gasteiger partial charge in [0.2, 0.25) is 5.95 Å². The van der Waals surface area contributed by atoms with Gasteiger partial charge in [0.25, 0.3) is 0 Å². The highest BCUT2D eigenvalue weighted by molar-refractivity contribution is 6.32. The van der Waals surface area contributed by atoms with Gasteiger partial charge in [-0.1, -0.05) is 115 Å². The summed E-state index contributed by atoms with van der Waals surface area (Å²) < 4.78 is 11.1. The van der Waals surface area contributed by atoms with Crippen LogP contribution in [0.3, 0.4) is 0 Å². The quantitative estimate of drug-likeness (QED) is 0.187. The molecular formula is C48H28N4O. The Balaban J connectivity index is 1.24. The van der Waals surface area contributed by atoms with Crippen LogP contribution in [0.25, 0.3) is 110 Å². The number of aromatic nitrogens is 4. The van der Waals surface area contributed by atoms with Gasteiger partial charge in [-0.3, -0.25) is 4.57 Å². The van der Waals surface area contributed by atoms with Gasteiger partial charge in [-0.15, -0.1) is 0 Å². The zero-order valence-electron chi connectivity index (χ0n) is 28.4. The molecule has 246 valence electrons. The summed E-state index contributed by atoms with van der Waals surface area (Å²) in [6.45, 7) is 0. The number of nitrogens with zero attached hydrogens (tertiary/aromatic N) is 4. The van der Waals surface area contributed by atoms with E-state index in [9.17, 15) is 0 Å². The fourth-order valence-electron chi connectivity index (χ4n) is 8.64. The van der Waals surface area contributed by atoms with Gasteiger partial charge < -0.3 is 8.98 Å². The minimum atomic E-state index is 0.642. The maximum absolute atomic E-state index is 6.42. The summed E-state index contributed by atoms with van der Waals surface area (Å²) in [7, 11) is 0. The second-order valence-electron chi connectivity index (χ2n) is 13.8. The Morgan fingerprint density at radius 2 is 1.13 bits per heavy atom. The van der Waals surface area contributed by atoms with Crippen molar-refractivity contribution in [1.82, 2.24) is 19.1 Å². The molecule has 0 unspecified atom stereocenters. The van der Waals surface area contributed by atoms with Crippen molar-refractivity contribution in [3.05, 3.63) is 170 Å². The molecule has 0 fully saturated rings. The molecular weight excluding hydrogens is 649 g/mol. The molecule has 4 aromatic heterocycles. The van der Waals surface area contributed by atoms with Crippen LogP contribution in [0.5, 0.6) is 0 Å². The third kappa shape index (κ3) is 3.96. The van der Waals surface area contributed by atoms with Gasteiger partial charge in [0, 0.05) is 49.0 Å². The Hall–Kier alpha value is -7.24. The van der Waals surface area contributed by atoms with Crippen LogP contribution in [-0.2, 0) is 0 Å². The highest BCUT2D eigenvalue weighted by atomic mass is 16.3. The van der Waals surface area contributed by atoms with Gasteiger partial charge in [-0.25, -0.2) is 9.97 Å². The highest BCUT2D eigenvalue weighted by Crippen LogP contribution is 2.45. The Labute approximate surface area is 302 Å². The third-order valence-electron chi connectivity index (χ3n) is 10.9. The fraction of sp³-hybridized carbons (Fsp3) is 0. The summed E-state index contributed by atoms with van der Waals surface area (Å²) in [6, 6.07) is 59.9. The first-order valence-corrected chi connectivity index (χ1v) is 17.9. The molecule has 0 aliphatic heterocycles. The standard InChI is InChI=1S/C48H28N4O/c1-2-14-32(15-3-1)51-39-26-27-42-45(35-18-8-11-21-41(35)53-42)43(39)36-24-25-40-44(47(36)51)34-17-7-10-20-38(34)52(40)48-49-37-19-9-6-16-33(37)46(50-48)31-23-22-29-12-4-5-13-30(29)28-31/h1-28H. The predicted octanol–water partition coefficient (Wildman–Crippen LogP) is 12.5. The van der Waals surface area contributed by atoms with Gasteiger partial charge in [0.05, 0.1) is 33.3 Å². The van der Waals surface area contributed by atoms with E-state index >= 15 is 0 Å². The van der Waals surface area contributed by atoms with Crippen molar-refractivity contribution in [3.8, 4) is 22.9 Å². The number of furan rings is 1. The van der Waals surface area contributed by atoms with Crippen LogP contribution in [0, 0.1) is 0 Å². The molecule has 0 aliphatic carbocycles. The summed E-state index contributed by atoms with van der Waals surface area (Å²) in [6.07, 6.45) is 0. The van der Waals surface area contributed by atoms with Crippen LogP contribution < -0.4 is 0 Å². The first-order valence-electron chi connectivity index (χ1n) is 17.9. The predicted molar refractivity (Wildman–Crippen MR) is 218 cm³/mol. The van der Waals surface area contributed by atoms with Gasteiger partial charge in [-0.2, -0.15) is 0 Å². The number of benzene rings is 8. The maximum Gasteiger partial charge on any atom is 0.235 e. The number of hydrogen-bond donors (Lipinski definition) is 0. The van der Waals surface area contributed by atoms with Gasteiger partial charge in [0.15, 0.2) is 0 Å². The van der Waals surface area contributed by atoms with Crippen LogP contribution in [0.15, 0.2) is 174 Å². The first-order chi connectivity index (χ1) is 26.3. The maximum atomic E-state index is 6.42. The van der Waals surface area contributed by atoms with Gasteiger partial charge in [-0.05, 0) is 65.4 Å². The molecule has 0 saturated heterocycles. The molecule has 8 aromatic carbocycles. The van der Waals surface area contributed by atoms with Crippen LogP contribution >= 0.6 is 0 Å². The Morgan fingerprint density at radius 3 is 2.04 bits per heavy atom. The van der Waals surface area contributed by atoms with E-state index in [-0.39, 0.29) is 0 Å². The zero-order chi connectivity index (χ0) is 34.6. The largest absolute Gasteiger partial charge is 0.456 e. The molecule has 12 aromatic rings. The molecule has 0 spiro atoms. The number of fused-ring (bicyclic) bond motifs is 13. The van der Waals surface area contributed by atoms with Gasteiger partial charge in [0.1, 0.15) is 11.2 Å². The molecule has 0 amide bonds. The van der Waals surface area contributed by atoms with E-state index in [1.807, 2.05) is 6.07 Å². The smallest absolute Gasteiger partial charge is 0.235 e. The van der Waals surface area contributed by atoms with Crippen molar-refractivity contribution < 1.29 is 4.42 Å². The van der Waals surface area contributed by atoms with Crippen molar-refractivity contribution in [1.29, 1.82) is 0 Å². The summed E-state index contributed by atoms with van der Waals surface area (Å²) >= 11 is 0. The molecule has 12 rings (SSSR count). The van der Waals surface area contributed by atoms with Gasteiger partial charge >= 0.3 is 0 Å². The van der Waals surface area contributed by atoms with Crippen molar-refractivity contribution in [3.63, 3.8) is 0 Å². The Bertz CT molecular complexity index is 3460. The lowest BCUT2D eigenvalue weighted by Crippen LogP contribution is -2.03. The van der Waals surface area contributed by atoms with E-state index in [2.05, 4.69) is 173 Å². The topological polar surface area (TPSA) is 48.8 Å². The lowest BCUT2D eigenvalue weighted by molar-refractivity contribution is 0.669. The Kier molecular flexibility index (Phi) is 5.71. The zero-order valence-corrected chi connectivity index (χ0v) is 28.4. The van der Waals surface area contributed by atoms with Crippen LogP contribution in [-0.4, -0.2) is 19.1 Å². The normalized spacial score (nSPS) is 12.2. The summed E-state index contributed by atoms with van der Waals surface area (Å²) in [5.74, 6) is 0.642. The lowest BCUT2D eigenvalue weighted by atomic mass is 10.0. The van der Waals surface area contributed by atoms with Crippen molar-refractivity contribution in [2.75, 3.05) is 0 Å². The molecule has 0 N–H and O–H groups in total. The molecule has 0 aliphatic rings. The fourth-order valence-corrected chi connectivity index (χ4v) is 8.64. The second kappa shape index (κ2) is 10.6. The average Bonchev–Trinajstić information content (AvgIpc) is 3.88. The average molecular weight is 677 g/mol. The molecule has 4 heterocycles. The number of rotatable bonds is 3. The van der Waals surface area contributed by atoms with Crippen LogP contribution in [0.2, 0.25) is 0 Å². The molecule has 5 heteroatoms. The minimum absolute atomic E-state index is 0.642. The van der Waals surface area contributed by atoms with Crippen LogP contribution in [0.1, 0.15) is 0 Å². The van der Waals surface area contributed by atoms with Crippen molar-refractivity contribution >= 4 is 87.2 Å². The molecule has 5 nitrogen and oxygen atoms in total. The first kappa shape index (κ1) is 28.5. The van der Waals surface area contributed by atoms with E-state index in [4.69, 9.17) is 14.4 Å². The molecule has 53 heavy (non-hydrogen) atoms. The monoisotopic (exact) mass is 676 g/mol. The molecule has 0 saturated carbocycles. The van der Waals surface area contributed by atoms with Crippen LogP contribution in [0.4, 0.5) is 0 Å². The lowest BCUT2D eigenvalue weighted by Gasteiger charge is -2.12. The number of hydrogen-bond acceptors (Lipinski definition) is 3. The highest BCUT2D eigenvalue weighted by Gasteiger charge is 2.24. The molecule has 0 atom stereocenters. The van der Waals surface area contributed by atoms with E-state index in [1.54, 1.807) is 0 Å². The summed E-state index contributed by atoms with van der Waals surface area (Å²) in [5, 5.41) is 10.3. The van der Waals surface area contributed by atoms with E-state index in [0.717, 1.165) is 82.6 Å². The Morgan fingerprint density at radius 1 is 0.415 bits per heavy atom.